The minimum absolute atomic E-state index is 0.0325. The molecule has 1 aliphatic carbocycles. The SMILES string of the molecule is O=C(C1CCC1)N1C[C@H]2[C@@H](c3ccccc31)[C@H](CO)N2C(=O)Nc1cccc(F)c1. The van der Waals surface area contributed by atoms with Crippen LogP contribution in [0.4, 0.5) is 20.6 Å². The summed E-state index contributed by atoms with van der Waals surface area (Å²) >= 11 is 0. The molecule has 1 saturated carbocycles. The minimum Gasteiger partial charge on any atom is -0.394 e. The first-order chi connectivity index (χ1) is 14.6. The molecule has 0 aromatic heterocycles. The quantitative estimate of drug-likeness (QED) is 0.817. The molecule has 3 aliphatic rings. The maximum atomic E-state index is 13.5. The first-order valence-electron chi connectivity index (χ1n) is 10.4. The molecular formula is C23H24FN3O3. The highest BCUT2D eigenvalue weighted by atomic mass is 19.1. The molecule has 3 amide bonds. The van der Waals surface area contributed by atoms with Gasteiger partial charge in [-0.15, -0.1) is 0 Å². The van der Waals surface area contributed by atoms with Crippen molar-refractivity contribution in [3.8, 4) is 0 Å². The molecular weight excluding hydrogens is 385 g/mol. The summed E-state index contributed by atoms with van der Waals surface area (Å²) in [6.45, 7) is 0.229. The van der Waals surface area contributed by atoms with E-state index in [0.29, 0.717) is 12.2 Å². The first-order valence-corrected chi connectivity index (χ1v) is 10.4. The number of likely N-dealkylation sites (tertiary alicyclic amines) is 1. The zero-order valence-corrected chi connectivity index (χ0v) is 16.5. The number of anilines is 2. The lowest BCUT2D eigenvalue weighted by atomic mass is 9.71. The van der Waals surface area contributed by atoms with Crippen molar-refractivity contribution in [3.63, 3.8) is 0 Å². The maximum Gasteiger partial charge on any atom is 0.322 e. The summed E-state index contributed by atoms with van der Waals surface area (Å²) in [6.07, 6.45) is 2.90. The Hall–Kier alpha value is -2.93. The number of benzene rings is 2. The van der Waals surface area contributed by atoms with Crippen LogP contribution >= 0.6 is 0 Å². The van der Waals surface area contributed by atoms with E-state index in [-0.39, 0.29) is 36.4 Å². The molecule has 0 radical (unpaired) electrons. The van der Waals surface area contributed by atoms with Crippen LogP contribution in [0, 0.1) is 11.7 Å². The van der Waals surface area contributed by atoms with Gasteiger partial charge in [-0.1, -0.05) is 30.7 Å². The van der Waals surface area contributed by atoms with Crippen LogP contribution in [0.25, 0.3) is 0 Å². The number of nitrogens with one attached hydrogen (secondary N) is 1. The molecule has 3 atom stereocenters. The highest BCUT2D eigenvalue weighted by Crippen LogP contribution is 2.49. The molecule has 1 saturated heterocycles. The van der Waals surface area contributed by atoms with Gasteiger partial charge in [-0.25, -0.2) is 9.18 Å². The lowest BCUT2D eigenvalue weighted by molar-refractivity contribution is -0.125. The predicted molar refractivity (Wildman–Crippen MR) is 111 cm³/mol. The summed E-state index contributed by atoms with van der Waals surface area (Å²) in [4.78, 5) is 29.5. The Morgan fingerprint density at radius 1 is 1.13 bits per heavy atom. The summed E-state index contributed by atoms with van der Waals surface area (Å²) in [6, 6.07) is 12.5. The summed E-state index contributed by atoms with van der Waals surface area (Å²) in [5.41, 5.74) is 2.24. The van der Waals surface area contributed by atoms with E-state index in [1.54, 1.807) is 11.0 Å². The molecule has 0 bridgehead atoms. The van der Waals surface area contributed by atoms with Gasteiger partial charge in [-0.2, -0.15) is 0 Å². The Morgan fingerprint density at radius 3 is 2.63 bits per heavy atom. The summed E-state index contributed by atoms with van der Waals surface area (Å²) in [5, 5.41) is 12.8. The number of halogens is 1. The normalized spacial score (nSPS) is 24.9. The van der Waals surface area contributed by atoms with Crippen LogP contribution in [0.3, 0.4) is 0 Å². The monoisotopic (exact) mass is 409 g/mol. The van der Waals surface area contributed by atoms with Crippen LogP contribution in [-0.2, 0) is 4.79 Å². The molecule has 2 N–H and O–H groups in total. The summed E-state index contributed by atoms with van der Waals surface area (Å²) in [5.74, 6) is -0.297. The number of hydrogen-bond acceptors (Lipinski definition) is 3. The molecule has 2 aromatic carbocycles. The molecule has 7 heteroatoms. The molecule has 5 rings (SSSR count). The number of para-hydroxylation sites is 1. The van der Waals surface area contributed by atoms with Gasteiger partial charge in [-0.05, 0) is 42.7 Å². The van der Waals surface area contributed by atoms with Crippen molar-refractivity contribution in [2.75, 3.05) is 23.4 Å². The highest BCUT2D eigenvalue weighted by Gasteiger charge is 2.55. The van der Waals surface area contributed by atoms with Gasteiger partial charge in [-0.3, -0.25) is 4.79 Å². The van der Waals surface area contributed by atoms with Crippen LogP contribution < -0.4 is 10.2 Å². The van der Waals surface area contributed by atoms with Gasteiger partial charge in [0.25, 0.3) is 0 Å². The smallest absolute Gasteiger partial charge is 0.322 e. The number of nitrogens with zero attached hydrogens (tertiary/aromatic N) is 2. The maximum absolute atomic E-state index is 13.5. The van der Waals surface area contributed by atoms with Crippen molar-refractivity contribution in [2.45, 2.75) is 37.3 Å². The second-order valence-electron chi connectivity index (χ2n) is 8.33. The fourth-order valence-corrected chi connectivity index (χ4v) is 5.00. The van der Waals surface area contributed by atoms with E-state index < -0.39 is 11.8 Å². The van der Waals surface area contributed by atoms with Crippen molar-refractivity contribution < 1.29 is 19.1 Å². The molecule has 2 aliphatic heterocycles. The number of carbonyl (C=O) groups is 2. The van der Waals surface area contributed by atoms with E-state index in [0.717, 1.165) is 30.5 Å². The van der Waals surface area contributed by atoms with E-state index in [9.17, 15) is 19.1 Å². The van der Waals surface area contributed by atoms with E-state index in [1.807, 2.05) is 29.2 Å². The lowest BCUT2D eigenvalue weighted by Crippen LogP contribution is -2.71. The largest absolute Gasteiger partial charge is 0.394 e. The average Bonchev–Trinajstić information content (AvgIpc) is 2.67. The number of carbonyl (C=O) groups excluding carboxylic acids is 2. The Balaban J connectivity index is 1.44. The molecule has 2 fully saturated rings. The third-order valence-corrected chi connectivity index (χ3v) is 6.72. The van der Waals surface area contributed by atoms with Gasteiger partial charge in [0.05, 0.1) is 18.7 Å². The Morgan fingerprint density at radius 2 is 1.93 bits per heavy atom. The second kappa shape index (κ2) is 7.40. The Bertz CT molecular complexity index is 993. The van der Waals surface area contributed by atoms with Crippen LogP contribution in [0.2, 0.25) is 0 Å². The van der Waals surface area contributed by atoms with E-state index in [4.69, 9.17) is 0 Å². The number of aliphatic hydroxyl groups excluding tert-OH is 1. The van der Waals surface area contributed by atoms with Crippen LogP contribution in [0.1, 0.15) is 30.7 Å². The van der Waals surface area contributed by atoms with Crippen molar-refractivity contribution in [2.24, 2.45) is 5.92 Å². The van der Waals surface area contributed by atoms with Gasteiger partial charge < -0.3 is 20.2 Å². The topological polar surface area (TPSA) is 72.9 Å². The second-order valence-corrected chi connectivity index (χ2v) is 8.33. The van der Waals surface area contributed by atoms with Crippen molar-refractivity contribution >= 4 is 23.3 Å². The van der Waals surface area contributed by atoms with Crippen LogP contribution in [0.5, 0.6) is 0 Å². The summed E-state index contributed by atoms with van der Waals surface area (Å²) < 4.78 is 13.5. The van der Waals surface area contributed by atoms with Crippen LogP contribution in [0.15, 0.2) is 48.5 Å². The van der Waals surface area contributed by atoms with Crippen molar-refractivity contribution in [3.05, 3.63) is 59.9 Å². The zero-order chi connectivity index (χ0) is 20.8. The van der Waals surface area contributed by atoms with Crippen LogP contribution in [-0.4, -0.2) is 47.2 Å². The molecule has 6 nitrogen and oxygen atoms in total. The van der Waals surface area contributed by atoms with E-state index in [2.05, 4.69) is 5.32 Å². The summed E-state index contributed by atoms with van der Waals surface area (Å²) in [7, 11) is 0. The Kier molecular flexibility index (Phi) is 4.70. The van der Waals surface area contributed by atoms with E-state index >= 15 is 0 Å². The lowest BCUT2D eigenvalue weighted by Gasteiger charge is -2.58. The van der Waals surface area contributed by atoms with Crippen molar-refractivity contribution in [1.29, 1.82) is 0 Å². The fraction of sp³-hybridized carbons (Fsp3) is 0.391. The molecule has 2 aromatic rings. The Labute approximate surface area is 174 Å². The van der Waals surface area contributed by atoms with Gasteiger partial charge >= 0.3 is 6.03 Å². The van der Waals surface area contributed by atoms with Crippen molar-refractivity contribution in [1.82, 2.24) is 4.90 Å². The number of fused-ring (bicyclic) bond motifs is 3. The first kappa shape index (κ1) is 19.1. The molecule has 0 unspecified atom stereocenters. The van der Waals surface area contributed by atoms with Gasteiger partial charge in [0, 0.05) is 29.8 Å². The average molecular weight is 409 g/mol. The standard InChI is InChI=1S/C23H24FN3O3/c24-15-7-4-8-16(11-15)25-23(30)27-19-12-26(22(29)14-5-3-6-14)18-10-2-1-9-17(18)21(19)20(27)13-28/h1-2,4,7-11,14,19-21,28H,3,5-6,12-13H2,(H,25,30)/t19-,20-,21+/m0/s1. The zero-order valence-electron chi connectivity index (χ0n) is 16.5. The molecule has 2 heterocycles. The number of hydrogen-bond donors (Lipinski definition) is 2. The number of aliphatic hydroxyl groups is 1. The molecule has 156 valence electrons. The predicted octanol–water partition coefficient (Wildman–Crippen LogP) is 3.33. The van der Waals surface area contributed by atoms with Gasteiger partial charge in [0.15, 0.2) is 0 Å². The molecule has 0 spiro atoms. The minimum atomic E-state index is -0.433. The van der Waals surface area contributed by atoms with E-state index in [1.165, 1.54) is 18.2 Å². The van der Waals surface area contributed by atoms with Gasteiger partial charge in [0.1, 0.15) is 5.82 Å². The fourth-order valence-electron chi connectivity index (χ4n) is 5.00. The van der Waals surface area contributed by atoms with Gasteiger partial charge in [0.2, 0.25) is 5.91 Å². The highest BCUT2D eigenvalue weighted by molar-refractivity contribution is 5.98. The number of urea groups is 1. The number of amides is 3. The number of rotatable bonds is 3. The molecule has 30 heavy (non-hydrogen) atoms. The third kappa shape index (κ3) is 2.96. The third-order valence-electron chi connectivity index (χ3n) is 6.72.